The molecule has 0 saturated heterocycles. The molecule has 4 N–H and O–H groups in total. The van der Waals surface area contributed by atoms with Crippen molar-refractivity contribution in [3.8, 4) is 0 Å². The van der Waals surface area contributed by atoms with Gasteiger partial charge in [0.1, 0.15) is 6.04 Å². The van der Waals surface area contributed by atoms with Crippen LogP contribution in [0.1, 0.15) is 27.2 Å². The van der Waals surface area contributed by atoms with Crippen LogP contribution in [0.4, 0.5) is 0 Å². The van der Waals surface area contributed by atoms with E-state index in [1.807, 2.05) is 6.92 Å². The fraction of sp³-hybridized carbons (Fsp3) is 0.833. The van der Waals surface area contributed by atoms with Gasteiger partial charge in [-0.2, -0.15) is 0 Å². The van der Waals surface area contributed by atoms with Gasteiger partial charge in [-0.05, 0) is 20.3 Å². The molecule has 0 aliphatic rings. The number of methoxy groups -OCH3 is 1. The zero-order valence-electron chi connectivity index (χ0n) is 11.7. The standard InChI is InChI=1S/C12H25N3O3/c1-5-12(3,8-13)11(17)15-9(2)10(16)14-6-7-18-4/h9H,5-8,13H2,1-4H3,(H,14,16)(H,15,17). The number of hydrogen-bond donors (Lipinski definition) is 3. The van der Waals surface area contributed by atoms with Crippen LogP contribution in [0.5, 0.6) is 0 Å². The molecule has 0 aliphatic carbocycles. The summed E-state index contributed by atoms with van der Waals surface area (Å²) in [5.41, 5.74) is 4.97. The highest BCUT2D eigenvalue weighted by atomic mass is 16.5. The number of ether oxygens (including phenoxy) is 1. The van der Waals surface area contributed by atoms with Crippen molar-refractivity contribution >= 4 is 11.8 Å². The Kier molecular flexibility index (Phi) is 7.54. The Morgan fingerprint density at radius 1 is 1.44 bits per heavy atom. The number of amides is 2. The van der Waals surface area contributed by atoms with E-state index in [1.165, 1.54) is 0 Å². The van der Waals surface area contributed by atoms with E-state index in [4.69, 9.17) is 10.5 Å². The molecule has 0 radical (unpaired) electrons. The molecule has 0 aromatic carbocycles. The first-order valence-corrected chi connectivity index (χ1v) is 6.19. The van der Waals surface area contributed by atoms with E-state index in [0.29, 0.717) is 19.6 Å². The fourth-order valence-electron chi connectivity index (χ4n) is 1.26. The number of nitrogens with two attached hydrogens (primary N) is 1. The molecule has 0 aromatic heterocycles. The summed E-state index contributed by atoms with van der Waals surface area (Å²) in [5.74, 6) is -0.419. The number of carbonyl (C=O) groups is 2. The molecule has 0 aliphatic heterocycles. The van der Waals surface area contributed by atoms with Crippen molar-refractivity contribution in [2.75, 3.05) is 26.8 Å². The van der Waals surface area contributed by atoms with E-state index in [2.05, 4.69) is 10.6 Å². The quantitative estimate of drug-likeness (QED) is 0.518. The van der Waals surface area contributed by atoms with Gasteiger partial charge < -0.3 is 21.1 Å². The van der Waals surface area contributed by atoms with E-state index in [-0.39, 0.29) is 18.4 Å². The molecule has 18 heavy (non-hydrogen) atoms. The Bertz CT molecular complexity index is 278. The van der Waals surface area contributed by atoms with Crippen LogP contribution < -0.4 is 16.4 Å². The molecule has 0 aromatic rings. The summed E-state index contributed by atoms with van der Waals surface area (Å²) in [5, 5.41) is 5.34. The molecule has 0 spiro atoms. The minimum absolute atomic E-state index is 0.193. The van der Waals surface area contributed by atoms with E-state index >= 15 is 0 Å². The van der Waals surface area contributed by atoms with Crippen LogP contribution in [0.15, 0.2) is 0 Å². The van der Waals surface area contributed by atoms with Crippen LogP contribution in [0.2, 0.25) is 0 Å². The zero-order valence-corrected chi connectivity index (χ0v) is 11.7. The van der Waals surface area contributed by atoms with E-state index in [1.54, 1.807) is 21.0 Å². The van der Waals surface area contributed by atoms with Crippen molar-refractivity contribution in [2.24, 2.45) is 11.1 Å². The maximum absolute atomic E-state index is 12.0. The Labute approximate surface area is 109 Å². The van der Waals surface area contributed by atoms with Crippen molar-refractivity contribution in [1.29, 1.82) is 0 Å². The monoisotopic (exact) mass is 259 g/mol. The average molecular weight is 259 g/mol. The zero-order chi connectivity index (χ0) is 14.2. The highest BCUT2D eigenvalue weighted by molar-refractivity contribution is 5.89. The topological polar surface area (TPSA) is 93.5 Å². The van der Waals surface area contributed by atoms with E-state index in [0.717, 1.165) is 0 Å². The number of rotatable bonds is 8. The molecule has 0 fully saturated rings. The Hall–Kier alpha value is -1.14. The van der Waals surface area contributed by atoms with Crippen LogP contribution >= 0.6 is 0 Å². The third-order valence-electron chi connectivity index (χ3n) is 3.13. The summed E-state index contributed by atoms with van der Waals surface area (Å²) in [6.45, 7) is 6.47. The molecule has 6 nitrogen and oxygen atoms in total. The number of hydrogen-bond acceptors (Lipinski definition) is 4. The summed E-state index contributed by atoms with van der Waals surface area (Å²) in [6, 6.07) is -0.577. The fourth-order valence-corrected chi connectivity index (χ4v) is 1.26. The van der Waals surface area contributed by atoms with Crippen LogP contribution in [0, 0.1) is 5.41 Å². The summed E-state index contributed by atoms with van der Waals surface area (Å²) in [4.78, 5) is 23.6. The third-order valence-corrected chi connectivity index (χ3v) is 3.13. The Morgan fingerprint density at radius 3 is 2.50 bits per heavy atom. The number of nitrogens with one attached hydrogen (secondary N) is 2. The highest BCUT2D eigenvalue weighted by Gasteiger charge is 2.31. The van der Waals surface area contributed by atoms with Crippen molar-refractivity contribution in [1.82, 2.24) is 10.6 Å². The molecule has 6 heteroatoms. The van der Waals surface area contributed by atoms with Crippen LogP contribution in [0.25, 0.3) is 0 Å². The maximum atomic E-state index is 12.0. The lowest BCUT2D eigenvalue weighted by molar-refractivity contribution is -0.134. The lowest BCUT2D eigenvalue weighted by Gasteiger charge is -2.26. The lowest BCUT2D eigenvalue weighted by atomic mass is 9.86. The van der Waals surface area contributed by atoms with Crippen LogP contribution in [-0.2, 0) is 14.3 Å². The molecule has 0 rings (SSSR count). The van der Waals surface area contributed by atoms with Gasteiger partial charge >= 0.3 is 0 Å². The van der Waals surface area contributed by atoms with E-state index < -0.39 is 11.5 Å². The molecular formula is C12H25N3O3. The summed E-state index contributed by atoms with van der Waals surface area (Å²) >= 11 is 0. The lowest BCUT2D eigenvalue weighted by Crippen LogP contribution is -2.51. The van der Waals surface area contributed by atoms with Crippen molar-refractivity contribution in [3.63, 3.8) is 0 Å². The SMILES string of the molecule is CCC(C)(CN)C(=O)NC(C)C(=O)NCCOC. The first-order chi connectivity index (χ1) is 8.41. The minimum Gasteiger partial charge on any atom is -0.383 e. The largest absolute Gasteiger partial charge is 0.383 e. The average Bonchev–Trinajstić information content (AvgIpc) is 2.37. The first-order valence-electron chi connectivity index (χ1n) is 6.19. The second-order valence-corrected chi connectivity index (χ2v) is 4.60. The summed E-state index contributed by atoms with van der Waals surface area (Å²) < 4.78 is 4.82. The normalized spacial score (nSPS) is 15.6. The second-order valence-electron chi connectivity index (χ2n) is 4.60. The van der Waals surface area contributed by atoms with Gasteiger partial charge in [0.25, 0.3) is 0 Å². The Balaban J connectivity index is 4.25. The van der Waals surface area contributed by atoms with Gasteiger partial charge in [-0.1, -0.05) is 6.92 Å². The molecule has 2 atom stereocenters. The minimum atomic E-state index is -0.624. The predicted octanol–water partition coefficient (Wildman–Crippen LogP) is -0.371. The van der Waals surface area contributed by atoms with E-state index in [9.17, 15) is 9.59 Å². The summed E-state index contributed by atoms with van der Waals surface area (Å²) in [7, 11) is 1.56. The van der Waals surface area contributed by atoms with Crippen molar-refractivity contribution in [2.45, 2.75) is 33.2 Å². The van der Waals surface area contributed by atoms with Gasteiger partial charge in [-0.15, -0.1) is 0 Å². The van der Waals surface area contributed by atoms with Crippen molar-refractivity contribution < 1.29 is 14.3 Å². The Morgan fingerprint density at radius 2 is 2.06 bits per heavy atom. The van der Waals surface area contributed by atoms with Gasteiger partial charge in [-0.3, -0.25) is 9.59 Å². The first kappa shape index (κ1) is 16.9. The van der Waals surface area contributed by atoms with Crippen LogP contribution in [0.3, 0.4) is 0 Å². The molecule has 106 valence electrons. The third kappa shape index (κ3) is 5.01. The highest BCUT2D eigenvalue weighted by Crippen LogP contribution is 2.19. The van der Waals surface area contributed by atoms with Crippen molar-refractivity contribution in [3.05, 3.63) is 0 Å². The van der Waals surface area contributed by atoms with Gasteiger partial charge in [-0.25, -0.2) is 0 Å². The molecule has 0 saturated carbocycles. The molecule has 0 heterocycles. The molecule has 0 bridgehead atoms. The van der Waals surface area contributed by atoms with Gasteiger partial charge in [0.2, 0.25) is 11.8 Å². The van der Waals surface area contributed by atoms with Gasteiger partial charge in [0, 0.05) is 20.2 Å². The van der Waals surface area contributed by atoms with Crippen LogP contribution in [-0.4, -0.2) is 44.7 Å². The molecular weight excluding hydrogens is 234 g/mol. The number of carbonyl (C=O) groups excluding carboxylic acids is 2. The second kappa shape index (κ2) is 8.05. The smallest absolute Gasteiger partial charge is 0.242 e. The van der Waals surface area contributed by atoms with Gasteiger partial charge in [0.05, 0.1) is 12.0 Å². The molecule has 2 amide bonds. The molecule has 2 unspecified atom stereocenters. The van der Waals surface area contributed by atoms with Gasteiger partial charge in [0.15, 0.2) is 0 Å². The predicted molar refractivity (Wildman–Crippen MR) is 69.9 cm³/mol. The summed E-state index contributed by atoms with van der Waals surface area (Å²) in [6.07, 6.45) is 0.632. The maximum Gasteiger partial charge on any atom is 0.242 e.